The van der Waals surface area contributed by atoms with Gasteiger partial charge in [-0.1, -0.05) is 23.7 Å². The van der Waals surface area contributed by atoms with E-state index in [1.54, 1.807) is 55.3 Å². The van der Waals surface area contributed by atoms with Crippen LogP contribution in [0.1, 0.15) is 38.8 Å². The lowest BCUT2D eigenvalue weighted by Gasteiger charge is -2.35. The van der Waals surface area contributed by atoms with Crippen molar-refractivity contribution >= 4 is 29.1 Å². The summed E-state index contributed by atoms with van der Waals surface area (Å²) < 4.78 is 11.2. The Morgan fingerprint density at radius 1 is 1.16 bits per heavy atom. The fraction of sp³-hybridized carbons (Fsp3) is 0.375. The Bertz CT molecular complexity index is 1550. The van der Waals surface area contributed by atoms with Gasteiger partial charge in [-0.25, -0.2) is 4.79 Å². The molecule has 44 heavy (non-hydrogen) atoms. The lowest BCUT2D eigenvalue weighted by Crippen LogP contribution is -2.52. The van der Waals surface area contributed by atoms with Crippen LogP contribution in [0.5, 0.6) is 11.5 Å². The number of carboxylic acids is 1. The molecule has 4 N–H and O–H groups in total. The van der Waals surface area contributed by atoms with Crippen LogP contribution in [0.2, 0.25) is 5.02 Å². The maximum atomic E-state index is 12.5. The van der Waals surface area contributed by atoms with Gasteiger partial charge < -0.3 is 35.2 Å². The maximum Gasteiger partial charge on any atom is 0.338 e. The molecule has 0 radical (unpaired) electrons. The van der Waals surface area contributed by atoms with Crippen molar-refractivity contribution in [1.29, 1.82) is 10.5 Å². The van der Waals surface area contributed by atoms with Crippen molar-refractivity contribution < 1.29 is 29.3 Å². The average molecular weight is 622 g/mol. The first-order valence-electron chi connectivity index (χ1n) is 13.9. The predicted octanol–water partition coefficient (Wildman–Crippen LogP) is 3.48. The van der Waals surface area contributed by atoms with E-state index in [9.17, 15) is 25.1 Å². The predicted molar refractivity (Wildman–Crippen MR) is 165 cm³/mol. The molecular formula is C32H36ClN5O6. The minimum Gasteiger partial charge on any atom is -0.489 e. The minimum atomic E-state index is -1.17. The Morgan fingerprint density at radius 2 is 1.86 bits per heavy atom. The molecule has 1 aliphatic heterocycles. The average Bonchev–Trinajstić information content (AvgIpc) is 2.99. The van der Waals surface area contributed by atoms with Crippen molar-refractivity contribution in [1.82, 2.24) is 15.5 Å². The highest BCUT2D eigenvalue weighted by Gasteiger charge is 2.34. The Balaban J connectivity index is 1.54. The van der Waals surface area contributed by atoms with E-state index < -0.39 is 17.6 Å². The van der Waals surface area contributed by atoms with Crippen molar-refractivity contribution in [3.8, 4) is 23.6 Å². The summed E-state index contributed by atoms with van der Waals surface area (Å²) >= 11 is 6.55. The molecular weight excluding hydrogens is 586 g/mol. The van der Waals surface area contributed by atoms with Crippen LogP contribution in [0.3, 0.4) is 0 Å². The smallest absolute Gasteiger partial charge is 0.338 e. The van der Waals surface area contributed by atoms with E-state index in [4.69, 9.17) is 26.3 Å². The van der Waals surface area contributed by atoms with Gasteiger partial charge >= 0.3 is 5.97 Å². The summed E-state index contributed by atoms with van der Waals surface area (Å²) in [5.41, 5.74) is 1.24. The van der Waals surface area contributed by atoms with Crippen LogP contribution in [-0.4, -0.2) is 78.0 Å². The summed E-state index contributed by atoms with van der Waals surface area (Å²) in [6.07, 6.45) is -0.850. The molecule has 0 spiro atoms. The lowest BCUT2D eigenvalue weighted by molar-refractivity contribution is -0.132. The third-order valence-electron chi connectivity index (χ3n) is 7.31. The zero-order chi connectivity index (χ0) is 32.6. The molecule has 2 unspecified atom stereocenters. The number of β-amino-alcohol motifs (C(OH)–C–C–N with tert-alkyl or cyclic N) is 1. The third kappa shape index (κ3) is 8.29. The maximum absolute atomic E-state index is 12.5. The molecule has 0 bridgehead atoms. The zero-order valence-corrected chi connectivity index (χ0v) is 26.0. The number of aliphatic hydroxyl groups is 1. The fourth-order valence-electron chi connectivity index (χ4n) is 4.57. The first-order valence-corrected chi connectivity index (χ1v) is 14.2. The highest BCUT2D eigenvalue weighted by atomic mass is 35.5. The molecule has 2 aromatic rings. The van der Waals surface area contributed by atoms with E-state index in [1.165, 1.54) is 6.07 Å². The van der Waals surface area contributed by atoms with Crippen molar-refractivity contribution in [2.24, 2.45) is 0 Å². The molecule has 0 aromatic heterocycles. The summed E-state index contributed by atoms with van der Waals surface area (Å²) in [7, 11) is 1.73. The molecule has 232 valence electrons. The van der Waals surface area contributed by atoms with Crippen molar-refractivity contribution in [3.05, 3.63) is 75.5 Å². The standard InChI is InChI=1S/C32H36ClN5O6/c1-19-25(14-35)30(29(31(41)42)20(2)38(19)5)24-11-10-23(12-26(24)33)43-17-28(40)36-18-32(3,4)37-15-22(39)16-44-27-9-7-6-8-21(27)13-34/h6-12,19,22,37,39H,15-18H2,1-5H3,(H,36,40)(H,41,42). The Labute approximate surface area is 261 Å². The molecule has 1 aliphatic rings. The van der Waals surface area contributed by atoms with Gasteiger partial charge in [0.2, 0.25) is 0 Å². The quantitative estimate of drug-likeness (QED) is 0.260. The van der Waals surface area contributed by atoms with Gasteiger partial charge in [-0.15, -0.1) is 0 Å². The highest BCUT2D eigenvalue weighted by Crippen LogP contribution is 2.40. The topological polar surface area (TPSA) is 168 Å². The SMILES string of the molecule is CC1=C(C(=O)O)C(c2ccc(OCC(=O)NCC(C)(C)NCC(O)COc3ccccc3C#N)cc2Cl)=C(C#N)C(C)N1C. The van der Waals surface area contributed by atoms with Crippen LogP contribution in [0.15, 0.2) is 59.3 Å². The second kappa shape index (κ2) is 14.8. The van der Waals surface area contributed by atoms with Crippen molar-refractivity contribution in [3.63, 3.8) is 0 Å². The number of para-hydroxylation sites is 1. The number of nitriles is 2. The highest BCUT2D eigenvalue weighted by molar-refractivity contribution is 6.33. The van der Waals surface area contributed by atoms with E-state index in [0.717, 1.165) is 0 Å². The van der Waals surface area contributed by atoms with Gasteiger partial charge in [-0.05, 0) is 58.0 Å². The van der Waals surface area contributed by atoms with Crippen LogP contribution < -0.4 is 20.1 Å². The van der Waals surface area contributed by atoms with Gasteiger partial charge in [0, 0.05) is 42.5 Å². The summed E-state index contributed by atoms with van der Waals surface area (Å²) in [4.78, 5) is 26.4. The number of aliphatic carboxylic acids is 1. The number of carbonyl (C=O) groups is 2. The van der Waals surface area contributed by atoms with Gasteiger partial charge in [0.05, 0.1) is 33.8 Å². The first-order chi connectivity index (χ1) is 20.8. The number of amides is 1. The Kier molecular flexibility index (Phi) is 11.4. The number of nitrogens with one attached hydrogen (secondary N) is 2. The van der Waals surface area contributed by atoms with Crippen LogP contribution in [0, 0.1) is 22.7 Å². The first kappa shape index (κ1) is 33.9. The second-order valence-electron chi connectivity index (χ2n) is 11.0. The van der Waals surface area contributed by atoms with Gasteiger partial charge in [0.1, 0.15) is 30.3 Å². The molecule has 3 rings (SSSR count). The molecule has 0 aliphatic carbocycles. The second-order valence-corrected chi connectivity index (χ2v) is 11.4. The molecule has 1 heterocycles. The van der Waals surface area contributed by atoms with E-state index in [2.05, 4.69) is 16.7 Å². The molecule has 0 saturated carbocycles. The Morgan fingerprint density at radius 3 is 2.50 bits per heavy atom. The number of aliphatic hydroxyl groups excluding tert-OH is 1. The molecule has 2 atom stereocenters. The number of rotatable bonds is 13. The number of halogens is 1. The molecule has 11 nitrogen and oxygen atoms in total. The summed E-state index contributed by atoms with van der Waals surface area (Å²) in [6, 6.07) is 15.2. The number of hydrogen-bond acceptors (Lipinski definition) is 9. The summed E-state index contributed by atoms with van der Waals surface area (Å²) in [5, 5.41) is 45.4. The number of benzene rings is 2. The number of ether oxygens (including phenoxy) is 2. The molecule has 2 aromatic carbocycles. The number of carboxylic acid groups (broad SMARTS) is 1. The monoisotopic (exact) mass is 621 g/mol. The van der Waals surface area contributed by atoms with Crippen molar-refractivity contribution in [2.75, 3.05) is 33.4 Å². The largest absolute Gasteiger partial charge is 0.489 e. The zero-order valence-electron chi connectivity index (χ0n) is 25.3. The normalized spacial score (nSPS) is 15.8. The number of nitrogens with zero attached hydrogens (tertiary/aromatic N) is 3. The van der Waals surface area contributed by atoms with Crippen LogP contribution in [0.4, 0.5) is 0 Å². The summed E-state index contributed by atoms with van der Waals surface area (Å²) in [6.45, 7) is 7.34. The van der Waals surface area contributed by atoms with Crippen LogP contribution >= 0.6 is 11.6 Å². The number of allylic oxidation sites excluding steroid dienone is 1. The number of carbonyl (C=O) groups excluding carboxylic acids is 1. The van der Waals surface area contributed by atoms with Gasteiger partial charge in [0.25, 0.3) is 5.91 Å². The van der Waals surface area contributed by atoms with E-state index in [1.807, 2.05) is 26.8 Å². The molecule has 1 amide bonds. The van der Waals surface area contributed by atoms with Gasteiger partial charge in [-0.2, -0.15) is 10.5 Å². The molecule has 0 fully saturated rings. The summed E-state index contributed by atoms with van der Waals surface area (Å²) in [5.74, 6) is -0.861. The molecule has 12 heteroatoms. The molecule has 0 saturated heterocycles. The minimum absolute atomic E-state index is 0.00213. The van der Waals surface area contributed by atoms with Gasteiger partial charge in [0.15, 0.2) is 6.61 Å². The Hall–Kier alpha value is -4.55. The lowest BCUT2D eigenvalue weighted by atomic mass is 9.85. The van der Waals surface area contributed by atoms with Gasteiger partial charge in [-0.3, -0.25) is 4.79 Å². The van der Waals surface area contributed by atoms with Crippen LogP contribution in [0.25, 0.3) is 5.57 Å². The number of hydrogen-bond donors (Lipinski definition) is 4. The third-order valence-corrected chi connectivity index (χ3v) is 7.62. The van der Waals surface area contributed by atoms with E-state index >= 15 is 0 Å². The van der Waals surface area contributed by atoms with Crippen LogP contribution in [-0.2, 0) is 9.59 Å². The fourth-order valence-corrected chi connectivity index (χ4v) is 4.83. The van der Waals surface area contributed by atoms with Crippen molar-refractivity contribution in [2.45, 2.75) is 45.4 Å². The number of likely N-dealkylation sites (N-methyl/N-ethyl adjacent to an activating group) is 1. The van der Waals surface area contributed by atoms with E-state index in [-0.39, 0.29) is 60.0 Å². The van der Waals surface area contributed by atoms with E-state index in [0.29, 0.717) is 28.3 Å².